The van der Waals surface area contributed by atoms with Crippen molar-refractivity contribution in [3.63, 3.8) is 0 Å². The SMILES string of the molecule is COc1cc(CN[C@H]2CCO[C@@H]2c2nccn2C)c2c(c1)C[C@H](C)O2. The number of fused-ring (bicyclic) bond motifs is 1. The molecule has 1 saturated heterocycles. The van der Waals surface area contributed by atoms with Gasteiger partial charge in [0.15, 0.2) is 0 Å². The van der Waals surface area contributed by atoms with Crippen LogP contribution in [0, 0.1) is 0 Å². The molecule has 1 fully saturated rings. The Morgan fingerprint density at radius 3 is 3.04 bits per heavy atom. The molecule has 3 atom stereocenters. The van der Waals surface area contributed by atoms with Crippen LogP contribution < -0.4 is 14.8 Å². The van der Waals surface area contributed by atoms with Crippen LogP contribution in [0.4, 0.5) is 0 Å². The van der Waals surface area contributed by atoms with Crippen molar-refractivity contribution < 1.29 is 14.2 Å². The summed E-state index contributed by atoms with van der Waals surface area (Å²) in [4.78, 5) is 4.45. The first-order valence-electron chi connectivity index (χ1n) is 8.84. The molecule has 2 aliphatic heterocycles. The molecule has 3 heterocycles. The van der Waals surface area contributed by atoms with Crippen molar-refractivity contribution in [1.29, 1.82) is 0 Å². The highest BCUT2D eigenvalue weighted by atomic mass is 16.5. The minimum Gasteiger partial charge on any atom is -0.497 e. The van der Waals surface area contributed by atoms with Crippen LogP contribution >= 0.6 is 0 Å². The molecule has 0 spiro atoms. The second-order valence-corrected chi connectivity index (χ2v) is 6.87. The van der Waals surface area contributed by atoms with Crippen LogP contribution in [-0.2, 0) is 24.8 Å². The highest BCUT2D eigenvalue weighted by Crippen LogP contribution is 2.36. The number of aromatic nitrogens is 2. The van der Waals surface area contributed by atoms with Gasteiger partial charge in [-0.2, -0.15) is 0 Å². The minimum atomic E-state index is -0.0153. The number of hydrogen-bond acceptors (Lipinski definition) is 5. The lowest BCUT2D eigenvalue weighted by molar-refractivity contribution is 0.0892. The lowest BCUT2D eigenvalue weighted by atomic mass is 10.0. The van der Waals surface area contributed by atoms with Crippen LogP contribution in [0.3, 0.4) is 0 Å². The monoisotopic (exact) mass is 343 g/mol. The molecule has 0 saturated carbocycles. The zero-order chi connectivity index (χ0) is 17.4. The maximum absolute atomic E-state index is 6.03. The van der Waals surface area contributed by atoms with Gasteiger partial charge in [-0.25, -0.2) is 4.98 Å². The normalized spacial score (nSPS) is 25.0. The Labute approximate surface area is 148 Å². The van der Waals surface area contributed by atoms with Crippen molar-refractivity contribution in [3.8, 4) is 11.5 Å². The highest BCUT2D eigenvalue weighted by Gasteiger charge is 2.32. The van der Waals surface area contributed by atoms with Gasteiger partial charge >= 0.3 is 0 Å². The van der Waals surface area contributed by atoms with Crippen LogP contribution in [0.2, 0.25) is 0 Å². The topological polar surface area (TPSA) is 57.5 Å². The molecule has 2 aliphatic rings. The Morgan fingerprint density at radius 2 is 2.28 bits per heavy atom. The molecule has 1 aromatic carbocycles. The zero-order valence-corrected chi connectivity index (χ0v) is 15.0. The third-order valence-electron chi connectivity index (χ3n) is 5.04. The standard InChI is InChI=1S/C19H25N3O3/c1-12-8-13-9-15(23-3)10-14(17(13)25-12)11-21-16-4-7-24-18(16)19-20-5-6-22(19)2/h5-6,9-10,12,16,18,21H,4,7-8,11H2,1-3H3/t12-,16-,18-/m0/s1. The first-order valence-corrected chi connectivity index (χ1v) is 8.84. The summed E-state index contributed by atoms with van der Waals surface area (Å²) < 4.78 is 19.4. The van der Waals surface area contributed by atoms with Gasteiger partial charge in [-0.3, -0.25) is 0 Å². The summed E-state index contributed by atoms with van der Waals surface area (Å²) in [5, 5.41) is 3.65. The second-order valence-electron chi connectivity index (χ2n) is 6.87. The highest BCUT2D eigenvalue weighted by molar-refractivity contribution is 5.49. The van der Waals surface area contributed by atoms with Crippen LogP contribution in [0.5, 0.6) is 11.5 Å². The average Bonchev–Trinajstić information content (AvgIpc) is 3.30. The van der Waals surface area contributed by atoms with E-state index in [4.69, 9.17) is 14.2 Å². The number of methoxy groups -OCH3 is 1. The molecule has 25 heavy (non-hydrogen) atoms. The third kappa shape index (κ3) is 3.12. The zero-order valence-electron chi connectivity index (χ0n) is 15.0. The fourth-order valence-corrected chi connectivity index (χ4v) is 3.77. The van der Waals surface area contributed by atoms with E-state index >= 15 is 0 Å². The predicted molar refractivity (Wildman–Crippen MR) is 93.9 cm³/mol. The molecule has 6 heteroatoms. The van der Waals surface area contributed by atoms with Crippen LogP contribution in [0.25, 0.3) is 0 Å². The summed E-state index contributed by atoms with van der Waals surface area (Å²) >= 11 is 0. The van der Waals surface area contributed by atoms with E-state index in [1.54, 1.807) is 7.11 Å². The number of imidazole rings is 1. The number of benzene rings is 1. The van der Waals surface area contributed by atoms with Crippen LogP contribution in [-0.4, -0.2) is 35.4 Å². The molecule has 1 aromatic heterocycles. The van der Waals surface area contributed by atoms with Gasteiger partial charge in [-0.15, -0.1) is 0 Å². The predicted octanol–water partition coefficient (Wildman–Crippen LogP) is 2.37. The van der Waals surface area contributed by atoms with Gasteiger partial charge < -0.3 is 24.1 Å². The lowest BCUT2D eigenvalue weighted by Crippen LogP contribution is -2.32. The summed E-state index contributed by atoms with van der Waals surface area (Å²) in [5.74, 6) is 2.86. The molecule has 0 bridgehead atoms. The van der Waals surface area contributed by atoms with Gasteiger partial charge in [0.2, 0.25) is 0 Å². The van der Waals surface area contributed by atoms with E-state index < -0.39 is 0 Å². The molecule has 0 aliphatic carbocycles. The number of aryl methyl sites for hydroxylation is 1. The van der Waals surface area contributed by atoms with Crippen molar-refractivity contribution >= 4 is 0 Å². The Bertz CT molecular complexity index is 758. The third-order valence-corrected chi connectivity index (χ3v) is 5.04. The van der Waals surface area contributed by atoms with Crippen molar-refractivity contribution in [2.24, 2.45) is 7.05 Å². The Morgan fingerprint density at radius 1 is 1.40 bits per heavy atom. The van der Waals surface area contributed by atoms with Crippen molar-refractivity contribution in [2.75, 3.05) is 13.7 Å². The Kier molecular flexibility index (Phi) is 4.39. The summed E-state index contributed by atoms with van der Waals surface area (Å²) in [6.07, 6.45) is 5.88. The smallest absolute Gasteiger partial charge is 0.139 e. The van der Waals surface area contributed by atoms with E-state index in [0.29, 0.717) is 0 Å². The van der Waals surface area contributed by atoms with E-state index in [1.165, 1.54) is 5.56 Å². The molecular weight excluding hydrogens is 318 g/mol. The average molecular weight is 343 g/mol. The minimum absolute atomic E-state index is 0.0153. The lowest BCUT2D eigenvalue weighted by Gasteiger charge is -2.20. The van der Waals surface area contributed by atoms with E-state index in [9.17, 15) is 0 Å². The first-order chi connectivity index (χ1) is 12.2. The van der Waals surface area contributed by atoms with Crippen LogP contribution in [0.15, 0.2) is 24.5 Å². The fraction of sp³-hybridized carbons (Fsp3) is 0.526. The molecule has 6 nitrogen and oxygen atoms in total. The largest absolute Gasteiger partial charge is 0.497 e. The van der Waals surface area contributed by atoms with E-state index in [0.717, 1.165) is 48.9 Å². The maximum Gasteiger partial charge on any atom is 0.139 e. The fourth-order valence-electron chi connectivity index (χ4n) is 3.77. The van der Waals surface area contributed by atoms with E-state index in [1.807, 2.05) is 24.0 Å². The molecule has 2 aromatic rings. The van der Waals surface area contributed by atoms with Crippen molar-refractivity contribution in [3.05, 3.63) is 41.5 Å². The summed E-state index contributed by atoms with van der Waals surface area (Å²) in [7, 11) is 3.71. The van der Waals surface area contributed by atoms with E-state index in [-0.39, 0.29) is 18.2 Å². The number of nitrogens with zero attached hydrogens (tertiary/aromatic N) is 2. The van der Waals surface area contributed by atoms with Gasteiger partial charge in [-0.1, -0.05) is 0 Å². The Hall–Kier alpha value is -2.05. The Balaban J connectivity index is 1.52. The maximum atomic E-state index is 6.03. The number of hydrogen-bond donors (Lipinski definition) is 1. The summed E-state index contributed by atoms with van der Waals surface area (Å²) in [5.41, 5.74) is 2.37. The first kappa shape index (κ1) is 16.4. The molecule has 4 rings (SSSR count). The summed E-state index contributed by atoms with van der Waals surface area (Å²) in [6.45, 7) is 3.58. The molecule has 0 amide bonds. The quantitative estimate of drug-likeness (QED) is 0.903. The molecule has 0 unspecified atom stereocenters. The number of rotatable bonds is 5. The molecule has 1 N–H and O–H groups in total. The van der Waals surface area contributed by atoms with Gasteiger partial charge in [-0.05, 0) is 25.5 Å². The number of ether oxygens (including phenoxy) is 3. The van der Waals surface area contributed by atoms with Crippen LogP contribution in [0.1, 0.15) is 36.4 Å². The van der Waals surface area contributed by atoms with E-state index in [2.05, 4.69) is 29.4 Å². The molecule has 134 valence electrons. The van der Waals surface area contributed by atoms with Crippen molar-refractivity contribution in [2.45, 2.75) is 44.6 Å². The summed E-state index contributed by atoms with van der Waals surface area (Å²) in [6, 6.07) is 4.38. The van der Waals surface area contributed by atoms with Gasteiger partial charge in [0.1, 0.15) is 29.5 Å². The van der Waals surface area contributed by atoms with Crippen molar-refractivity contribution in [1.82, 2.24) is 14.9 Å². The second kappa shape index (κ2) is 6.69. The molecular formula is C19H25N3O3. The number of nitrogens with one attached hydrogen (secondary N) is 1. The van der Waals surface area contributed by atoms with Gasteiger partial charge in [0, 0.05) is 56.2 Å². The van der Waals surface area contributed by atoms with Gasteiger partial charge in [0.05, 0.1) is 7.11 Å². The molecule has 0 radical (unpaired) electrons. The van der Waals surface area contributed by atoms with Gasteiger partial charge in [0.25, 0.3) is 0 Å².